The Hall–Kier alpha value is -1.29. The van der Waals surface area contributed by atoms with Gasteiger partial charge in [0.1, 0.15) is 10.6 Å². The number of thiophene rings is 1. The third kappa shape index (κ3) is 1.53. The van der Waals surface area contributed by atoms with Crippen LogP contribution in [0.25, 0.3) is 0 Å². The van der Waals surface area contributed by atoms with Gasteiger partial charge in [-0.2, -0.15) is 0 Å². The molecule has 0 fully saturated rings. The number of carbonyl (C=O) groups excluding carboxylic acids is 1. The van der Waals surface area contributed by atoms with Crippen LogP contribution in [0.5, 0.6) is 5.75 Å². The lowest BCUT2D eigenvalue weighted by molar-refractivity contribution is 0.0943. The van der Waals surface area contributed by atoms with E-state index in [0.717, 1.165) is 6.42 Å². The first-order valence-electron chi connectivity index (χ1n) is 4.32. The monoisotopic (exact) mass is 210 g/mol. The zero-order chi connectivity index (χ0) is 9.97. The molecule has 0 amide bonds. The van der Waals surface area contributed by atoms with Gasteiger partial charge in [-0.3, -0.25) is 4.79 Å². The molecule has 14 heavy (non-hydrogen) atoms. The van der Waals surface area contributed by atoms with Crippen molar-refractivity contribution in [3.8, 4) is 5.75 Å². The minimum Gasteiger partial charge on any atom is -0.495 e. The molecule has 0 aliphatic carbocycles. The standard InChI is InChI=1S/C10H10O3S/c1-12-8-4-6-14-10(8)9(11)7-3-2-5-13-7/h3-4,6H,2,5H2,1H3. The summed E-state index contributed by atoms with van der Waals surface area (Å²) < 4.78 is 10.3. The fourth-order valence-corrected chi connectivity index (χ4v) is 2.11. The SMILES string of the molecule is COc1ccsc1C(=O)C1=CCCO1. The van der Waals surface area contributed by atoms with Gasteiger partial charge in [0.15, 0.2) is 5.76 Å². The Balaban J connectivity index is 2.26. The van der Waals surface area contributed by atoms with Crippen molar-refractivity contribution in [2.75, 3.05) is 13.7 Å². The van der Waals surface area contributed by atoms with Crippen LogP contribution in [-0.2, 0) is 4.74 Å². The minimum absolute atomic E-state index is 0.0747. The maximum absolute atomic E-state index is 11.8. The Morgan fingerprint density at radius 3 is 3.14 bits per heavy atom. The number of allylic oxidation sites excluding steroid dienone is 1. The second kappa shape index (κ2) is 3.84. The topological polar surface area (TPSA) is 35.5 Å². The summed E-state index contributed by atoms with van der Waals surface area (Å²) in [4.78, 5) is 12.4. The Kier molecular flexibility index (Phi) is 2.54. The highest BCUT2D eigenvalue weighted by molar-refractivity contribution is 7.12. The molecule has 0 atom stereocenters. The molecule has 3 nitrogen and oxygen atoms in total. The highest BCUT2D eigenvalue weighted by Crippen LogP contribution is 2.28. The van der Waals surface area contributed by atoms with Crippen LogP contribution in [0.3, 0.4) is 0 Å². The first-order chi connectivity index (χ1) is 6.83. The van der Waals surface area contributed by atoms with Gasteiger partial charge in [-0.25, -0.2) is 0 Å². The van der Waals surface area contributed by atoms with Crippen molar-refractivity contribution >= 4 is 17.1 Å². The smallest absolute Gasteiger partial charge is 0.240 e. The summed E-state index contributed by atoms with van der Waals surface area (Å²) in [5.41, 5.74) is 0. The molecule has 1 aromatic heterocycles. The molecule has 0 saturated heterocycles. The van der Waals surface area contributed by atoms with Gasteiger partial charge in [0.25, 0.3) is 0 Å². The third-order valence-electron chi connectivity index (χ3n) is 1.98. The fourth-order valence-electron chi connectivity index (χ4n) is 1.31. The predicted octanol–water partition coefficient (Wildman–Crippen LogP) is 2.24. The largest absolute Gasteiger partial charge is 0.495 e. The van der Waals surface area contributed by atoms with Crippen molar-refractivity contribution in [2.24, 2.45) is 0 Å². The molecule has 2 rings (SSSR count). The Bertz CT molecular complexity index is 378. The second-order valence-corrected chi connectivity index (χ2v) is 3.77. The molecule has 74 valence electrons. The van der Waals surface area contributed by atoms with Crippen molar-refractivity contribution in [1.82, 2.24) is 0 Å². The number of ether oxygens (including phenoxy) is 2. The van der Waals surface area contributed by atoms with Crippen molar-refractivity contribution in [3.63, 3.8) is 0 Å². The number of hydrogen-bond donors (Lipinski definition) is 0. The molecule has 0 unspecified atom stereocenters. The zero-order valence-electron chi connectivity index (χ0n) is 7.78. The molecule has 0 N–H and O–H groups in total. The van der Waals surface area contributed by atoms with E-state index in [2.05, 4.69) is 0 Å². The lowest BCUT2D eigenvalue weighted by Crippen LogP contribution is -2.03. The van der Waals surface area contributed by atoms with Gasteiger partial charge in [-0.05, 0) is 17.5 Å². The van der Waals surface area contributed by atoms with Gasteiger partial charge >= 0.3 is 0 Å². The van der Waals surface area contributed by atoms with Gasteiger partial charge in [0.2, 0.25) is 5.78 Å². The number of rotatable bonds is 3. The van der Waals surface area contributed by atoms with Gasteiger partial charge < -0.3 is 9.47 Å². The minimum atomic E-state index is -0.0747. The van der Waals surface area contributed by atoms with E-state index in [1.165, 1.54) is 11.3 Å². The van der Waals surface area contributed by atoms with Crippen molar-refractivity contribution < 1.29 is 14.3 Å². The average Bonchev–Trinajstić information content (AvgIpc) is 2.87. The number of Topliss-reactive ketones (excluding diaryl/α,β-unsaturated/α-hetero) is 1. The van der Waals surface area contributed by atoms with Gasteiger partial charge in [-0.15, -0.1) is 11.3 Å². The summed E-state index contributed by atoms with van der Waals surface area (Å²) in [6, 6.07) is 1.79. The lowest BCUT2D eigenvalue weighted by Gasteiger charge is -2.02. The van der Waals surface area contributed by atoms with Crippen LogP contribution >= 0.6 is 11.3 Å². The third-order valence-corrected chi connectivity index (χ3v) is 2.88. The molecule has 0 aromatic carbocycles. The van der Waals surface area contributed by atoms with Crippen LogP contribution in [0.4, 0.5) is 0 Å². The Morgan fingerprint density at radius 2 is 2.50 bits per heavy atom. The van der Waals surface area contributed by atoms with Crippen LogP contribution in [-0.4, -0.2) is 19.5 Å². The van der Waals surface area contributed by atoms with Crippen molar-refractivity contribution in [1.29, 1.82) is 0 Å². The summed E-state index contributed by atoms with van der Waals surface area (Å²) in [6.45, 7) is 0.606. The van der Waals surface area contributed by atoms with E-state index in [9.17, 15) is 4.79 Å². The molecule has 0 saturated carbocycles. The van der Waals surface area contributed by atoms with Gasteiger partial charge in [0, 0.05) is 6.42 Å². The number of hydrogen-bond acceptors (Lipinski definition) is 4. The zero-order valence-corrected chi connectivity index (χ0v) is 8.60. The maximum Gasteiger partial charge on any atom is 0.240 e. The summed E-state index contributed by atoms with van der Waals surface area (Å²) in [7, 11) is 1.56. The Morgan fingerprint density at radius 1 is 1.64 bits per heavy atom. The van der Waals surface area contributed by atoms with E-state index in [-0.39, 0.29) is 5.78 Å². The predicted molar refractivity (Wildman–Crippen MR) is 53.9 cm³/mol. The second-order valence-electron chi connectivity index (χ2n) is 2.85. The summed E-state index contributed by atoms with van der Waals surface area (Å²) >= 11 is 1.37. The number of carbonyl (C=O) groups is 1. The van der Waals surface area contributed by atoms with Crippen LogP contribution < -0.4 is 4.74 Å². The van der Waals surface area contributed by atoms with E-state index in [0.29, 0.717) is 23.0 Å². The molecular weight excluding hydrogens is 200 g/mol. The lowest BCUT2D eigenvalue weighted by atomic mass is 10.2. The highest BCUT2D eigenvalue weighted by atomic mass is 32.1. The van der Waals surface area contributed by atoms with E-state index in [4.69, 9.17) is 9.47 Å². The molecule has 4 heteroatoms. The van der Waals surface area contributed by atoms with E-state index >= 15 is 0 Å². The molecule has 0 bridgehead atoms. The molecule has 0 radical (unpaired) electrons. The first kappa shape index (κ1) is 9.27. The molecule has 2 heterocycles. The summed E-state index contributed by atoms with van der Waals surface area (Å²) in [6.07, 6.45) is 2.64. The van der Waals surface area contributed by atoms with E-state index in [1.807, 2.05) is 11.5 Å². The molecule has 0 spiro atoms. The normalized spacial score (nSPS) is 14.8. The van der Waals surface area contributed by atoms with Crippen molar-refractivity contribution in [3.05, 3.63) is 28.2 Å². The van der Waals surface area contributed by atoms with Crippen LogP contribution in [0.2, 0.25) is 0 Å². The van der Waals surface area contributed by atoms with Gasteiger partial charge in [-0.1, -0.05) is 0 Å². The molecular formula is C10H10O3S. The average molecular weight is 210 g/mol. The number of ketones is 1. The van der Waals surface area contributed by atoms with E-state index in [1.54, 1.807) is 13.2 Å². The van der Waals surface area contributed by atoms with E-state index < -0.39 is 0 Å². The highest BCUT2D eigenvalue weighted by Gasteiger charge is 2.21. The maximum atomic E-state index is 11.8. The quantitative estimate of drug-likeness (QED) is 0.718. The van der Waals surface area contributed by atoms with Gasteiger partial charge in [0.05, 0.1) is 13.7 Å². The number of methoxy groups -OCH3 is 1. The Labute approximate surface area is 86.0 Å². The first-order valence-corrected chi connectivity index (χ1v) is 5.20. The summed E-state index contributed by atoms with van der Waals surface area (Å²) in [5.74, 6) is 0.997. The van der Waals surface area contributed by atoms with Crippen molar-refractivity contribution in [2.45, 2.75) is 6.42 Å². The van der Waals surface area contributed by atoms with Crippen LogP contribution in [0, 0.1) is 0 Å². The summed E-state index contributed by atoms with van der Waals surface area (Å²) in [5, 5.41) is 1.83. The molecule has 1 aliphatic heterocycles. The fraction of sp³-hybridized carbons (Fsp3) is 0.300. The molecule has 1 aliphatic rings. The van der Waals surface area contributed by atoms with Crippen LogP contribution in [0.15, 0.2) is 23.3 Å². The van der Waals surface area contributed by atoms with Crippen LogP contribution in [0.1, 0.15) is 16.1 Å². The molecule has 1 aromatic rings.